The molecule has 2 amide bonds. The average molecular weight is 591 g/mol. The molecule has 0 bridgehead atoms. The van der Waals surface area contributed by atoms with Crippen LogP contribution in [0.1, 0.15) is 26.7 Å². The van der Waals surface area contributed by atoms with Gasteiger partial charge in [0.25, 0.3) is 11.8 Å². The van der Waals surface area contributed by atoms with Crippen molar-refractivity contribution in [2.75, 3.05) is 10.6 Å². The number of alkyl halides is 6. The molecule has 216 valence electrons. The van der Waals surface area contributed by atoms with E-state index in [2.05, 4.69) is 0 Å². The van der Waals surface area contributed by atoms with Crippen LogP contribution in [-0.4, -0.2) is 40.3 Å². The Bertz CT molecular complexity index is 1090. The maximum atomic E-state index is 14.3. The molecule has 0 aliphatic carbocycles. The Labute approximate surface area is 227 Å². The van der Waals surface area contributed by atoms with Crippen molar-refractivity contribution in [3.63, 3.8) is 0 Å². The van der Waals surface area contributed by atoms with Gasteiger partial charge in [-0.1, -0.05) is 99.6 Å². The third-order valence-electron chi connectivity index (χ3n) is 7.09. The lowest BCUT2D eigenvalue weighted by Crippen LogP contribution is -2.64. The molecule has 0 saturated heterocycles. The van der Waals surface area contributed by atoms with Crippen LogP contribution in [-0.2, 0) is 9.59 Å². The van der Waals surface area contributed by atoms with Crippen molar-refractivity contribution in [3.05, 3.63) is 48.5 Å². The van der Waals surface area contributed by atoms with Gasteiger partial charge < -0.3 is 10.6 Å². The quantitative estimate of drug-likeness (QED) is 0.177. The lowest BCUT2D eigenvalue weighted by molar-refractivity contribution is -0.308. The zero-order valence-electron chi connectivity index (χ0n) is 23.0. The largest absolute Gasteiger partial charge is 0.421 e. The Morgan fingerprint density at radius 3 is 1.28 bits per heavy atom. The molecule has 12 heteroatoms. The molecule has 2 aromatic rings. The van der Waals surface area contributed by atoms with Gasteiger partial charge in [0.2, 0.25) is 0 Å². The molecule has 0 spiro atoms. The number of halogens is 6. The summed E-state index contributed by atoms with van der Waals surface area (Å²) in [4.78, 5) is 25.9. The number of hydrogen-bond acceptors (Lipinski definition) is 2. The fraction of sp³-hybridized carbons (Fsp3) is 0.481. The van der Waals surface area contributed by atoms with Crippen LogP contribution in [0.5, 0.6) is 0 Å². The number of rotatable bonds is 10. The fourth-order valence-electron chi connectivity index (χ4n) is 4.80. The van der Waals surface area contributed by atoms with Crippen molar-refractivity contribution in [1.29, 1.82) is 0 Å². The van der Waals surface area contributed by atoms with E-state index in [0.29, 0.717) is 0 Å². The molecule has 0 heterocycles. The molecule has 0 atom stereocenters. The van der Waals surface area contributed by atoms with Gasteiger partial charge in [-0.2, -0.15) is 26.3 Å². The van der Waals surface area contributed by atoms with Gasteiger partial charge in [0.05, 0.1) is 16.1 Å². The molecule has 0 aliphatic heterocycles. The SMILES string of the molecule is CCC[Si](C)(C)c1cccc(NC(=O)C(C(=O)Nc2cccc([Si](C)(C)CCC)c2)(C(F)(F)F)C(F)(F)F)c1. The third kappa shape index (κ3) is 6.94. The van der Waals surface area contributed by atoms with Crippen LogP contribution >= 0.6 is 0 Å². The number of hydrogen-bond donors (Lipinski definition) is 2. The zero-order valence-corrected chi connectivity index (χ0v) is 25.0. The summed E-state index contributed by atoms with van der Waals surface area (Å²) in [5.74, 6) is -5.02. The molecule has 0 radical (unpaired) electrons. The highest BCUT2D eigenvalue weighted by Crippen LogP contribution is 2.51. The smallest absolute Gasteiger partial charge is 0.325 e. The summed E-state index contributed by atoms with van der Waals surface area (Å²) in [6.45, 7) is 12.0. The minimum atomic E-state index is -6.28. The van der Waals surface area contributed by atoms with Gasteiger partial charge in [-0.05, 0) is 24.3 Å². The maximum absolute atomic E-state index is 14.3. The lowest BCUT2D eigenvalue weighted by atomic mass is 9.83. The number of benzene rings is 2. The molecule has 0 aliphatic rings. The number of amides is 2. The van der Waals surface area contributed by atoms with Crippen LogP contribution in [0.3, 0.4) is 0 Å². The normalized spacial score (nSPS) is 13.2. The van der Waals surface area contributed by atoms with Crippen molar-refractivity contribution in [1.82, 2.24) is 0 Å². The molecule has 0 saturated carbocycles. The lowest BCUT2D eigenvalue weighted by Gasteiger charge is -2.34. The van der Waals surface area contributed by atoms with Crippen LogP contribution in [0, 0.1) is 5.41 Å². The maximum Gasteiger partial charge on any atom is 0.421 e. The number of carbonyl (C=O) groups excluding carboxylic acids is 2. The van der Waals surface area contributed by atoms with Crippen molar-refractivity contribution >= 4 is 49.7 Å². The first-order chi connectivity index (χ1) is 17.8. The van der Waals surface area contributed by atoms with E-state index in [0.717, 1.165) is 35.3 Å². The van der Waals surface area contributed by atoms with E-state index in [9.17, 15) is 35.9 Å². The standard InChI is InChI=1S/C27H36F6N2O2Si2/c1-7-15-38(3,4)21-13-9-11-19(17-21)34-23(36)25(26(28,29)30,27(31,32)33)24(37)35-20-12-10-14-22(18-20)39(5,6)16-8-2/h9-14,17-18H,7-8,15-16H2,1-6H3,(H,34,36)(H,35,37). The predicted octanol–water partition coefficient (Wildman–Crippen LogP) is 7.03. The second kappa shape index (κ2) is 11.9. The van der Waals surface area contributed by atoms with Gasteiger partial charge in [-0.25, -0.2) is 0 Å². The molecule has 39 heavy (non-hydrogen) atoms. The summed E-state index contributed by atoms with van der Waals surface area (Å²) in [7, 11) is -4.11. The first-order valence-electron chi connectivity index (χ1n) is 12.8. The molecule has 2 aromatic carbocycles. The van der Waals surface area contributed by atoms with E-state index in [-0.39, 0.29) is 11.4 Å². The molecule has 4 nitrogen and oxygen atoms in total. The molecule has 0 aromatic heterocycles. The van der Waals surface area contributed by atoms with Crippen LogP contribution in [0.15, 0.2) is 48.5 Å². The summed E-state index contributed by atoms with van der Waals surface area (Å²) in [5, 5.41) is 5.03. The highest BCUT2D eigenvalue weighted by atomic mass is 28.3. The number of carbonyl (C=O) groups is 2. The van der Waals surface area contributed by atoms with Gasteiger partial charge in [0.15, 0.2) is 0 Å². The Morgan fingerprint density at radius 1 is 0.667 bits per heavy atom. The molecule has 0 fully saturated rings. The van der Waals surface area contributed by atoms with E-state index in [1.54, 1.807) is 22.8 Å². The Balaban J connectivity index is 2.55. The van der Waals surface area contributed by atoms with E-state index in [1.165, 1.54) is 36.4 Å². The minimum Gasteiger partial charge on any atom is -0.325 e. The van der Waals surface area contributed by atoms with E-state index >= 15 is 0 Å². The monoisotopic (exact) mass is 590 g/mol. The van der Waals surface area contributed by atoms with Gasteiger partial charge in [-0.3, -0.25) is 9.59 Å². The molecule has 0 unspecified atom stereocenters. The van der Waals surface area contributed by atoms with Crippen LogP contribution in [0.25, 0.3) is 0 Å². The predicted molar refractivity (Wildman–Crippen MR) is 149 cm³/mol. The van der Waals surface area contributed by atoms with Crippen LogP contribution < -0.4 is 21.0 Å². The van der Waals surface area contributed by atoms with E-state index in [1.807, 2.05) is 40.0 Å². The molecular weight excluding hydrogens is 554 g/mol. The number of anilines is 2. The highest BCUT2D eigenvalue weighted by Gasteiger charge is 2.80. The van der Waals surface area contributed by atoms with Crippen molar-refractivity contribution in [2.24, 2.45) is 5.41 Å². The average Bonchev–Trinajstić information content (AvgIpc) is 2.77. The number of nitrogens with one attached hydrogen (secondary N) is 2. The van der Waals surface area contributed by atoms with Gasteiger partial charge in [0, 0.05) is 11.4 Å². The first kappa shape index (κ1) is 32.6. The molecule has 2 rings (SSSR count). The summed E-state index contributed by atoms with van der Waals surface area (Å²) in [5.41, 5.74) is -5.82. The van der Waals surface area contributed by atoms with Crippen molar-refractivity contribution in [2.45, 2.75) is 77.3 Å². The minimum absolute atomic E-state index is 0.242. The van der Waals surface area contributed by atoms with Crippen LogP contribution in [0.4, 0.5) is 37.7 Å². The van der Waals surface area contributed by atoms with E-state index < -0.39 is 45.7 Å². The van der Waals surface area contributed by atoms with Crippen LogP contribution in [0.2, 0.25) is 38.3 Å². The highest BCUT2D eigenvalue weighted by molar-refractivity contribution is 6.90. The first-order valence-corrected chi connectivity index (χ1v) is 19.2. The summed E-state index contributed by atoms with van der Waals surface area (Å²) >= 11 is 0. The topological polar surface area (TPSA) is 58.2 Å². The van der Waals surface area contributed by atoms with Gasteiger partial charge in [0.1, 0.15) is 0 Å². The Morgan fingerprint density at radius 2 is 1.00 bits per heavy atom. The second-order valence-electron chi connectivity index (χ2n) is 11.1. The Hall–Kier alpha value is -2.61. The van der Waals surface area contributed by atoms with Crippen molar-refractivity contribution < 1.29 is 35.9 Å². The summed E-state index contributed by atoms with van der Waals surface area (Å²) < 4.78 is 85.7. The fourth-order valence-corrected chi connectivity index (χ4v) is 10.1. The second-order valence-corrected chi connectivity index (χ2v) is 20.8. The zero-order chi connectivity index (χ0) is 29.9. The Kier molecular flexibility index (Phi) is 9.92. The van der Waals surface area contributed by atoms with Gasteiger partial charge >= 0.3 is 17.8 Å². The molecule has 2 N–H and O–H groups in total. The molecular formula is C27H36F6N2O2Si2. The summed E-state index contributed by atoms with van der Waals surface area (Å²) in [6.07, 6.45) is -10.9. The third-order valence-corrected chi connectivity index (χ3v) is 14.3. The van der Waals surface area contributed by atoms with E-state index in [4.69, 9.17) is 0 Å². The van der Waals surface area contributed by atoms with Crippen molar-refractivity contribution in [3.8, 4) is 0 Å². The van der Waals surface area contributed by atoms with Gasteiger partial charge in [-0.15, -0.1) is 0 Å². The summed E-state index contributed by atoms with van der Waals surface area (Å²) in [6, 6.07) is 13.3.